The Morgan fingerprint density at radius 3 is 1.84 bits per heavy atom. The standard InChI is InChI=1S/C48H86N6O9/c1-14-15-27-38(51-33-41(56)60-45(2,3)4)52-37(44(59)63-48(11,12)13)26-23-24-29-50-40(55)28-22-20-18-16-17-19-21-25-31-53(35-42(57)61-46(5,6)7)34-39-49-30-32-54(39)36-43(58)62-47(8,9)10/h27,30,32,37,51-52H,14-26,28-29,31,33-36H2,1-13H3,(H,50,55)/b38-27+. The van der Waals surface area contributed by atoms with Crippen molar-refractivity contribution in [3.63, 3.8) is 0 Å². The molecule has 362 valence electrons. The monoisotopic (exact) mass is 891 g/mol. The summed E-state index contributed by atoms with van der Waals surface area (Å²) in [4.78, 5) is 69.9. The van der Waals surface area contributed by atoms with Gasteiger partial charge >= 0.3 is 23.9 Å². The maximum atomic E-state index is 13.2. The van der Waals surface area contributed by atoms with E-state index in [9.17, 15) is 24.0 Å². The first-order chi connectivity index (χ1) is 29.2. The van der Waals surface area contributed by atoms with Crippen molar-refractivity contribution in [3.8, 4) is 0 Å². The molecular weight excluding hydrogens is 805 g/mol. The summed E-state index contributed by atoms with van der Waals surface area (Å²) in [6.07, 6.45) is 17.5. The number of carbonyl (C=O) groups is 5. The highest BCUT2D eigenvalue weighted by Crippen LogP contribution is 2.16. The Morgan fingerprint density at radius 2 is 1.25 bits per heavy atom. The van der Waals surface area contributed by atoms with Crippen LogP contribution in [-0.2, 0) is 56.0 Å². The van der Waals surface area contributed by atoms with Gasteiger partial charge in [-0.25, -0.2) is 9.78 Å². The van der Waals surface area contributed by atoms with E-state index in [4.69, 9.17) is 18.9 Å². The zero-order valence-electron chi connectivity index (χ0n) is 41.5. The average molecular weight is 891 g/mol. The highest BCUT2D eigenvalue weighted by molar-refractivity contribution is 5.77. The van der Waals surface area contributed by atoms with Crippen LogP contribution in [0.1, 0.15) is 186 Å². The van der Waals surface area contributed by atoms with Crippen LogP contribution in [0.4, 0.5) is 0 Å². The number of hydrogen-bond acceptors (Lipinski definition) is 13. The molecule has 1 unspecified atom stereocenters. The fourth-order valence-corrected chi connectivity index (χ4v) is 6.42. The fourth-order valence-electron chi connectivity index (χ4n) is 6.42. The third-order valence-electron chi connectivity index (χ3n) is 9.03. The number of aromatic nitrogens is 2. The van der Waals surface area contributed by atoms with Gasteiger partial charge in [-0.1, -0.05) is 51.9 Å². The summed E-state index contributed by atoms with van der Waals surface area (Å²) in [5.41, 5.74) is -2.42. The largest absolute Gasteiger partial charge is 0.459 e. The number of amides is 1. The van der Waals surface area contributed by atoms with Gasteiger partial charge in [0.15, 0.2) is 0 Å². The van der Waals surface area contributed by atoms with Gasteiger partial charge in [0.05, 0.1) is 18.9 Å². The zero-order valence-corrected chi connectivity index (χ0v) is 41.5. The lowest BCUT2D eigenvalue weighted by Gasteiger charge is -2.26. The van der Waals surface area contributed by atoms with Gasteiger partial charge in [-0.3, -0.25) is 24.1 Å². The Balaban J connectivity index is 2.46. The first-order valence-corrected chi connectivity index (χ1v) is 23.3. The molecule has 0 radical (unpaired) electrons. The van der Waals surface area contributed by atoms with Crippen molar-refractivity contribution in [2.24, 2.45) is 0 Å². The van der Waals surface area contributed by atoms with Crippen molar-refractivity contribution < 1.29 is 42.9 Å². The molecule has 0 spiro atoms. The summed E-state index contributed by atoms with van der Waals surface area (Å²) in [5, 5.41) is 9.39. The van der Waals surface area contributed by atoms with Crippen LogP contribution in [0.25, 0.3) is 0 Å². The van der Waals surface area contributed by atoms with Crippen LogP contribution in [0.3, 0.4) is 0 Å². The van der Waals surface area contributed by atoms with Crippen LogP contribution in [0.5, 0.6) is 0 Å². The molecule has 1 aromatic rings. The van der Waals surface area contributed by atoms with Crippen molar-refractivity contribution in [3.05, 3.63) is 30.1 Å². The molecule has 3 N–H and O–H groups in total. The van der Waals surface area contributed by atoms with E-state index in [0.717, 1.165) is 64.2 Å². The van der Waals surface area contributed by atoms with E-state index < -0.39 is 28.4 Å². The van der Waals surface area contributed by atoms with Gasteiger partial charge in [0.25, 0.3) is 0 Å². The number of esters is 4. The van der Waals surface area contributed by atoms with Crippen LogP contribution in [0.15, 0.2) is 24.3 Å². The fraction of sp³-hybridized carbons (Fsp3) is 0.792. The number of unbranched alkanes of at least 4 members (excludes halogenated alkanes) is 9. The summed E-state index contributed by atoms with van der Waals surface area (Å²) in [6.45, 7) is 25.9. The second-order valence-corrected chi connectivity index (χ2v) is 20.4. The van der Waals surface area contributed by atoms with Crippen LogP contribution in [0, 0.1) is 0 Å². The molecule has 0 aliphatic heterocycles. The second kappa shape index (κ2) is 28.6. The highest BCUT2D eigenvalue weighted by Gasteiger charge is 2.27. The molecule has 0 aromatic carbocycles. The Hall–Kier alpha value is -4.14. The summed E-state index contributed by atoms with van der Waals surface area (Å²) in [5.74, 6) is -0.0873. The third kappa shape index (κ3) is 31.4. The quantitative estimate of drug-likeness (QED) is 0.0384. The van der Waals surface area contributed by atoms with Crippen molar-refractivity contribution in [2.45, 2.75) is 221 Å². The van der Waals surface area contributed by atoms with Crippen molar-refractivity contribution in [1.82, 2.24) is 30.4 Å². The van der Waals surface area contributed by atoms with Crippen molar-refractivity contribution in [2.75, 3.05) is 26.2 Å². The predicted octanol–water partition coefficient (Wildman–Crippen LogP) is 8.04. The van der Waals surface area contributed by atoms with Crippen LogP contribution in [-0.4, -0.2) is 98.9 Å². The third-order valence-corrected chi connectivity index (χ3v) is 9.03. The Kier molecular flexibility index (Phi) is 25.8. The molecule has 1 amide bonds. The van der Waals surface area contributed by atoms with Gasteiger partial charge in [0.2, 0.25) is 5.91 Å². The van der Waals surface area contributed by atoms with Gasteiger partial charge in [-0.05, 0) is 134 Å². The van der Waals surface area contributed by atoms with E-state index in [1.54, 1.807) is 17.0 Å². The molecule has 1 heterocycles. The van der Waals surface area contributed by atoms with Crippen molar-refractivity contribution in [1.29, 1.82) is 0 Å². The number of rotatable bonds is 30. The zero-order chi connectivity index (χ0) is 47.7. The molecule has 0 bridgehead atoms. The number of carbonyl (C=O) groups excluding carboxylic acids is 5. The lowest BCUT2D eigenvalue weighted by molar-refractivity contribution is -0.158. The Bertz CT molecular complexity index is 1550. The van der Waals surface area contributed by atoms with E-state index in [-0.39, 0.29) is 49.4 Å². The summed E-state index contributed by atoms with van der Waals surface area (Å²) >= 11 is 0. The topological polar surface area (TPSA) is 179 Å². The van der Waals surface area contributed by atoms with E-state index in [0.29, 0.717) is 57.0 Å². The number of imidazole rings is 1. The van der Waals surface area contributed by atoms with E-state index in [1.807, 2.05) is 94.1 Å². The molecule has 15 heteroatoms. The van der Waals surface area contributed by atoms with E-state index >= 15 is 0 Å². The molecule has 0 saturated heterocycles. The maximum absolute atomic E-state index is 13.2. The van der Waals surface area contributed by atoms with Gasteiger partial charge < -0.3 is 39.5 Å². The molecular formula is C48H86N6O9. The van der Waals surface area contributed by atoms with Crippen LogP contribution in [0.2, 0.25) is 0 Å². The molecule has 1 aromatic heterocycles. The molecule has 63 heavy (non-hydrogen) atoms. The van der Waals surface area contributed by atoms with Gasteiger partial charge in [-0.2, -0.15) is 0 Å². The lowest BCUT2D eigenvalue weighted by Crippen LogP contribution is -2.44. The minimum Gasteiger partial charge on any atom is -0.459 e. The summed E-state index contributed by atoms with van der Waals surface area (Å²) in [7, 11) is 0. The van der Waals surface area contributed by atoms with Crippen molar-refractivity contribution >= 4 is 29.8 Å². The maximum Gasteiger partial charge on any atom is 0.329 e. The normalized spacial score (nSPS) is 13.0. The van der Waals surface area contributed by atoms with E-state index in [1.165, 1.54) is 0 Å². The van der Waals surface area contributed by atoms with E-state index in [2.05, 4.69) is 27.9 Å². The number of hydrogen-bond donors (Lipinski definition) is 3. The molecule has 0 saturated carbocycles. The molecule has 0 aliphatic rings. The Labute approximate surface area is 379 Å². The smallest absolute Gasteiger partial charge is 0.329 e. The summed E-state index contributed by atoms with van der Waals surface area (Å²) in [6, 6.07) is -0.632. The number of nitrogens with zero attached hydrogens (tertiary/aromatic N) is 3. The summed E-state index contributed by atoms with van der Waals surface area (Å²) < 4.78 is 24.0. The Morgan fingerprint density at radius 1 is 0.698 bits per heavy atom. The lowest BCUT2D eigenvalue weighted by atomic mass is 10.1. The molecule has 1 atom stereocenters. The molecule has 0 aliphatic carbocycles. The van der Waals surface area contributed by atoms with Gasteiger partial charge in [0, 0.05) is 25.4 Å². The number of allylic oxidation sites excluding steroid dienone is 1. The average Bonchev–Trinajstić information content (AvgIpc) is 3.54. The SMILES string of the molecule is CCC/C=C(\NCC(=O)OC(C)(C)C)NC(CCCCNC(=O)CCCCCCCCCCN(CC(=O)OC(C)(C)C)Cc1nccn1CC(=O)OC(C)(C)C)C(=O)OC(C)(C)C. The molecule has 1 rings (SSSR count). The predicted molar refractivity (Wildman–Crippen MR) is 247 cm³/mol. The van der Waals surface area contributed by atoms with Crippen LogP contribution < -0.4 is 16.0 Å². The highest BCUT2D eigenvalue weighted by atomic mass is 16.6. The number of nitrogens with one attached hydrogen (secondary N) is 3. The minimum atomic E-state index is -0.655. The molecule has 15 nitrogen and oxygen atoms in total. The van der Waals surface area contributed by atoms with Gasteiger partial charge in [-0.15, -0.1) is 0 Å². The first-order valence-electron chi connectivity index (χ1n) is 23.3. The minimum absolute atomic E-state index is 0.0381. The number of ether oxygens (including phenoxy) is 4. The second-order valence-electron chi connectivity index (χ2n) is 20.4. The molecule has 0 fully saturated rings. The first kappa shape index (κ1) is 56.9. The van der Waals surface area contributed by atoms with Crippen LogP contribution >= 0.6 is 0 Å². The van der Waals surface area contributed by atoms with Gasteiger partial charge in [0.1, 0.15) is 47.4 Å².